The van der Waals surface area contributed by atoms with E-state index in [0.717, 1.165) is 31.5 Å². The molecule has 0 aliphatic carbocycles. The van der Waals surface area contributed by atoms with Crippen LogP contribution in [0.2, 0.25) is 0 Å². The van der Waals surface area contributed by atoms with Crippen molar-refractivity contribution >= 4 is 5.91 Å². The van der Waals surface area contributed by atoms with Crippen molar-refractivity contribution in [2.24, 2.45) is 11.8 Å². The summed E-state index contributed by atoms with van der Waals surface area (Å²) in [5, 5.41) is 10.4. The Kier molecular flexibility index (Phi) is 5.20. The van der Waals surface area contributed by atoms with Crippen LogP contribution in [0.25, 0.3) is 11.4 Å². The van der Waals surface area contributed by atoms with E-state index in [0.29, 0.717) is 11.7 Å². The molecule has 7 heteroatoms. The second kappa shape index (κ2) is 7.53. The maximum atomic E-state index is 12.5. The summed E-state index contributed by atoms with van der Waals surface area (Å²) in [6, 6.07) is 3.40. The third kappa shape index (κ3) is 3.79. The van der Waals surface area contributed by atoms with Gasteiger partial charge in [0.05, 0.1) is 5.92 Å². The van der Waals surface area contributed by atoms with Crippen molar-refractivity contribution in [3.8, 4) is 11.4 Å². The van der Waals surface area contributed by atoms with Crippen molar-refractivity contribution in [3.05, 3.63) is 30.4 Å². The van der Waals surface area contributed by atoms with Crippen LogP contribution in [0.15, 0.2) is 29.0 Å². The van der Waals surface area contributed by atoms with Crippen molar-refractivity contribution in [2.45, 2.75) is 32.7 Å². The Morgan fingerprint density at radius 1 is 1.46 bits per heavy atom. The van der Waals surface area contributed by atoms with Gasteiger partial charge in [0, 0.05) is 24.5 Å². The van der Waals surface area contributed by atoms with Crippen LogP contribution >= 0.6 is 0 Å². The summed E-state index contributed by atoms with van der Waals surface area (Å²) in [7, 11) is 0. The van der Waals surface area contributed by atoms with Gasteiger partial charge in [0.2, 0.25) is 17.6 Å². The number of pyridine rings is 1. The van der Waals surface area contributed by atoms with Gasteiger partial charge >= 0.3 is 0 Å². The number of piperidine rings is 1. The summed E-state index contributed by atoms with van der Waals surface area (Å²) >= 11 is 0. The molecule has 3 heterocycles. The molecule has 1 aliphatic rings. The standard InChI is InChI=1S/C17H23N5O2/c1-11(2)14(20-16(23)13-6-4-8-19-10-13)17-21-15(22-24-17)12-5-3-7-18-9-12/h3,5,7,9,11,13-14,19H,4,6,8,10H2,1-2H3,(H,20,23). The Hall–Kier alpha value is -2.28. The molecule has 2 aromatic rings. The van der Waals surface area contributed by atoms with Crippen molar-refractivity contribution in [1.82, 2.24) is 25.8 Å². The predicted octanol–water partition coefficient (Wildman–Crippen LogP) is 1.94. The van der Waals surface area contributed by atoms with Crippen LogP contribution in [0.5, 0.6) is 0 Å². The fourth-order valence-corrected chi connectivity index (χ4v) is 2.83. The van der Waals surface area contributed by atoms with Gasteiger partial charge in [0.15, 0.2) is 0 Å². The molecule has 0 aromatic carbocycles. The maximum absolute atomic E-state index is 12.5. The zero-order valence-electron chi connectivity index (χ0n) is 14.0. The first-order chi connectivity index (χ1) is 11.6. The number of carbonyl (C=O) groups is 1. The Balaban J connectivity index is 1.74. The lowest BCUT2D eigenvalue weighted by atomic mass is 9.97. The van der Waals surface area contributed by atoms with E-state index in [2.05, 4.69) is 25.8 Å². The summed E-state index contributed by atoms with van der Waals surface area (Å²) in [4.78, 5) is 21.0. The SMILES string of the molecule is CC(C)C(NC(=O)C1CCCNC1)c1nc(-c2cccnc2)no1. The minimum Gasteiger partial charge on any atom is -0.344 e. The molecule has 128 valence electrons. The minimum atomic E-state index is -0.294. The van der Waals surface area contributed by atoms with Crippen LogP contribution in [-0.2, 0) is 4.79 Å². The average Bonchev–Trinajstić information content (AvgIpc) is 3.10. The van der Waals surface area contributed by atoms with Crippen LogP contribution in [0.4, 0.5) is 0 Å². The number of rotatable bonds is 5. The summed E-state index contributed by atoms with van der Waals surface area (Å²) < 4.78 is 5.41. The van der Waals surface area contributed by atoms with Crippen LogP contribution < -0.4 is 10.6 Å². The topological polar surface area (TPSA) is 92.9 Å². The molecule has 1 fully saturated rings. The number of amides is 1. The Labute approximate surface area is 141 Å². The van der Waals surface area contributed by atoms with E-state index in [-0.39, 0.29) is 23.8 Å². The second-order valence-corrected chi connectivity index (χ2v) is 6.47. The molecule has 1 saturated heterocycles. The molecule has 2 atom stereocenters. The smallest absolute Gasteiger partial charge is 0.249 e. The lowest BCUT2D eigenvalue weighted by molar-refractivity contribution is -0.126. The molecule has 24 heavy (non-hydrogen) atoms. The molecule has 2 aromatic heterocycles. The van der Waals surface area contributed by atoms with Gasteiger partial charge in [-0.1, -0.05) is 19.0 Å². The van der Waals surface area contributed by atoms with E-state index in [9.17, 15) is 4.79 Å². The zero-order chi connectivity index (χ0) is 16.9. The van der Waals surface area contributed by atoms with Crippen LogP contribution in [0, 0.1) is 11.8 Å². The summed E-state index contributed by atoms with van der Waals surface area (Å²) in [5.41, 5.74) is 0.790. The van der Waals surface area contributed by atoms with Gasteiger partial charge in [-0.15, -0.1) is 0 Å². The monoisotopic (exact) mass is 329 g/mol. The molecule has 0 radical (unpaired) electrons. The molecule has 0 bridgehead atoms. The Bertz CT molecular complexity index is 665. The highest BCUT2D eigenvalue weighted by Crippen LogP contribution is 2.24. The summed E-state index contributed by atoms with van der Waals surface area (Å²) in [6.45, 7) is 5.76. The molecule has 0 saturated carbocycles. The van der Waals surface area contributed by atoms with Gasteiger partial charge in [-0.05, 0) is 37.4 Å². The van der Waals surface area contributed by atoms with Gasteiger partial charge in [-0.3, -0.25) is 9.78 Å². The van der Waals surface area contributed by atoms with Crippen LogP contribution in [0.3, 0.4) is 0 Å². The lowest BCUT2D eigenvalue weighted by Gasteiger charge is -2.25. The second-order valence-electron chi connectivity index (χ2n) is 6.47. The average molecular weight is 329 g/mol. The molecule has 2 unspecified atom stereocenters. The molecule has 2 N–H and O–H groups in total. The fourth-order valence-electron chi connectivity index (χ4n) is 2.83. The van der Waals surface area contributed by atoms with Gasteiger partial charge in [-0.2, -0.15) is 4.98 Å². The van der Waals surface area contributed by atoms with Gasteiger partial charge < -0.3 is 15.2 Å². The van der Waals surface area contributed by atoms with E-state index < -0.39 is 0 Å². The quantitative estimate of drug-likeness (QED) is 0.871. The van der Waals surface area contributed by atoms with Crippen molar-refractivity contribution < 1.29 is 9.32 Å². The lowest BCUT2D eigenvalue weighted by Crippen LogP contribution is -2.42. The number of aromatic nitrogens is 3. The normalized spacial score (nSPS) is 19.2. The molecule has 3 rings (SSSR count). The first kappa shape index (κ1) is 16.6. The maximum Gasteiger partial charge on any atom is 0.249 e. The van der Waals surface area contributed by atoms with Crippen LogP contribution in [-0.4, -0.2) is 34.1 Å². The first-order valence-electron chi connectivity index (χ1n) is 8.40. The molecular weight excluding hydrogens is 306 g/mol. The number of carbonyl (C=O) groups excluding carboxylic acids is 1. The molecule has 7 nitrogen and oxygen atoms in total. The van der Waals surface area contributed by atoms with Gasteiger partial charge in [0.1, 0.15) is 6.04 Å². The third-order valence-electron chi connectivity index (χ3n) is 4.26. The zero-order valence-corrected chi connectivity index (χ0v) is 14.0. The number of nitrogens with zero attached hydrogens (tertiary/aromatic N) is 3. The number of hydrogen-bond donors (Lipinski definition) is 2. The molecule has 0 spiro atoms. The summed E-state index contributed by atoms with van der Waals surface area (Å²) in [6.07, 6.45) is 5.32. The van der Waals surface area contributed by atoms with E-state index in [4.69, 9.17) is 4.52 Å². The van der Waals surface area contributed by atoms with E-state index in [1.165, 1.54) is 0 Å². The van der Waals surface area contributed by atoms with E-state index >= 15 is 0 Å². The Morgan fingerprint density at radius 2 is 2.33 bits per heavy atom. The summed E-state index contributed by atoms with van der Waals surface area (Å²) in [5.74, 6) is 1.11. The predicted molar refractivity (Wildman–Crippen MR) is 88.8 cm³/mol. The van der Waals surface area contributed by atoms with Crippen molar-refractivity contribution in [3.63, 3.8) is 0 Å². The molecular formula is C17H23N5O2. The van der Waals surface area contributed by atoms with Crippen molar-refractivity contribution in [2.75, 3.05) is 13.1 Å². The highest BCUT2D eigenvalue weighted by Gasteiger charge is 2.28. The van der Waals surface area contributed by atoms with Crippen LogP contribution in [0.1, 0.15) is 38.6 Å². The fraction of sp³-hybridized carbons (Fsp3) is 0.529. The van der Waals surface area contributed by atoms with Gasteiger partial charge in [-0.25, -0.2) is 0 Å². The number of nitrogens with one attached hydrogen (secondary N) is 2. The van der Waals surface area contributed by atoms with Crippen molar-refractivity contribution in [1.29, 1.82) is 0 Å². The Morgan fingerprint density at radius 3 is 3.00 bits per heavy atom. The van der Waals surface area contributed by atoms with E-state index in [1.54, 1.807) is 12.4 Å². The van der Waals surface area contributed by atoms with Gasteiger partial charge in [0.25, 0.3) is 0 Å². The third-order valence-corrected chi connectivity index (χ3v) is 4.26. The molecule has 1 amide bonds. The largest absolute Gasteiger partial charge is 0.344 e. The number of hydrogen-bond acceptors (Lipinski definition) is 6. The first-order valence-corrected chi connectivity index (χ1v) is 8.40. The minimum absolute atomic E-state index is 0.000662. The highest BCUT2D eigenvalue weighted by atomic mass is 16.5. The highest BCUT2D eigenvalue weighted by molar-refractivity contribution is 5.79. The molecule has 1 aliphatic heterocycles. The van der Waals surface area contributed by atoms with E-state index in [1.807, 2.05) is 26.0 Å².